The van der Waals surface area contributed by atoms with Gasteiger partial charge in [0.2, 0.25) is 0 Å². The van der Waals surface area contributed by atoms with Crippen LogP contribution in [0.15, 0.2) is 72.9 Å². The number of carbonyl (C=O) groups is 1. The van der Waals surface area contributed by atoms with Gasteiger partial charge in [0.1, 0.15) is 17.3 Å². The summed E-state index contributed by atoms with van der Waals surface area (Å²) >= 11 is 0. The van der Waals surface area contributed by atoms with E-state index < -0.39 is 0 Å². The van der Waals surface area contributed by atoms with Crippen molar-refractivity contribution in [3.8, 4) is 11.5 Å². The first-order valence-electron chi connectivity index (χ1n) is 6.85. The van der Waals surface area contributed by atoms with E-state index in [0.717, 1.165) is 23.5 Å². The maximum atomic E-state index is 10.6. The van der Waals surface area contributed by atoms with Gasteiger partial charge in [-0.1, -0.05) is 18.2 Å². The van der Waals surface area contributed by atoms with E-state index in [4.69, 9.17) is 4.74 Å². The molecule has 0 fully saturated rings. The van der Waals surface area contributed by atoms with E-state index in [-0.39, 0.29) is 0 Å². The SMILES string of the molecule is O=Cc1ccc(Nc2ccc(Oc3ccccc3)cc2)nc1. The van der Waals surface area contributed by atoms with Gasteiger partial charge in [-0.25, -0.2) is 4.98 Å². The third-order valence-electron chi connectivity index (χ3n) is 3.03. The number of anilines is 2. The van der Waals surface area contributed by atoms with Crippen molar-refractivity contribution in [1.82, 2.24) is 4.98 Å². The third-order valence-corrected chi connectivity index (χ3v) is 3.03. The van der Waals surface area contributed by atoms with Gasteiger partial charge in [0.25, 0.3) is 0 Å². The van der Waals surface area contributed by atoms with Crippen LogP contribution in [0.25, 0.3) is 0 Å². The molecule has 0 amide bonds. The standard InChI is InChI=1S/C18H14N2O2/c21-13-14-6-11-18(19-12-14)20-15-7-9-17(10-8-15)22-16-4-2-1-3-5-16/h1-13H,(H,19,20). The summed E-state index contributed by atoms with van der Waals surface area (Å²) in [6.45, 7) is 0. The quantitative estimate of drug-likeness (QED) is 0.706. The summed E-state index contributed by atoms with van der Waals surface area (Å²) in [7, 11) is 0. The molecule has 1 aromatic heterocycles. The summed E-state index contributed by atoms with van der Waals surface area (Å²) in [6.07, 6.45) is 2.30. The van der Waals surface area contributed by atoms with Crippen molar-refractivity contribution < 1.29 is 9.53 Å². The maximum absolute atomic E-state index is 10.6. The molecule has 0 aliphatic heterocycles. The third kappa shape index (κ3) is 3.49. The molecule has 4 heteroatoms. The molecule has 0 atom stereocenters. The Morgan fingerprint density at radius 2 is 1.59 bits per heavy atom. The lowest BCUT2D eigenvalue weighted by molar-refractivity contribution is 0.112. The van der Waals surface area contributed by atoms with Gasteiger partial charge in [0, 0.05) is 17.4 Å². The Kier molecular flexibility index (Phi) is 4.11. The van der Waals surface area contributed by atoms with Crippen molar-refractivity contribution in [2.24, 2.45) is 0 Å². The van der Waals surface area contributed by atoms with Crippen LogP contribution in [0, 0.1) is 0 Å². The molecule has 3 rings (SSSR count). The van der Waals surface area contributed by atoms with Crippen LogP contribution in [-0.4, -0.2) is 11.3 Å². The second kappa shape index (κ2) is 6.54. The molecule has 3 aromatic rings. The van der Waals surface area contributed by atoms with Crippen molar-refractivity contribution >= 4 is 17.8 Å². The highest BCUT2D eigenvalue weighted by Crippen LogP contribution is 2.23. The van der Waals surface area contributed by atoms with Crippen molar-refractivity contribution in [2.75, 3.05) is 5.32 Å². The molecule has 2 aromatic carbocycles. The Bertz CT molecular complexity index is 738. The minimum Gasteiger partial charge on any atom is -0.457 e. The summed E-state index contributed by atoms with van der Waals surface area (Å²) in [4.78, 5) is 14.8. The van der Waals surface area contributed by atoms with Crippen molar-refractivity contribution in [3.05, 3.63) is 78.5 Å². The largest absolute Gasteiger partial charge is 0.457 e. The van der Waals surface area contributed by atoms with Crippen LogP contribution in [0.3, 0.4) is 0 Å². The van der Waals surface area contributed by atoms with Crippen LogP contribution in [0.4, 0.5) is 11.5 Å². The van der Waals surface area contributed by atoms with Crippen molar-refractivity contribution in [1.29, 1.82) is 0 Å². The van der Waals surface area contributed by atoms with Gasteiger partial charge in [0.05, 0.1) is 0 Å². The number of ether oxygens (including phenoxy) is 1. The van der Waals surface area contributed by atoms with E-state index in [2.05, 4.69) is 10.3 Å². The number of nitrogens with zero attached hydrogens (tertiary/aromatic N) is 1. The second-order valence-electron chi connectivity index (χ2n) is 4.66. The summed E-state index contributed by atoms with van der Waals surface area (Å²) < 4.78 is 5.73. The molecule has 1 N–H and O–H groups in total. The van der Waals surface area contributed by atoms with E-state index in [0.29, 0.717) is 11.4 Å². The predicted octanol–water partition coefficient (Wildman–Crippen LogP) is 4.43. The van der Waals surface area contributed by atoms with E-state index in [9.17, 15) is 4.79 Å². The van der Waals surface area contributed by atoms with E-state index in [1.165, 1.54) is 6.20 Å². The number of rotatable bonds is 5. The van der Waals surface area contributed by atoms with Gasteiger partial charge in [-0.3, -0.25) is 4.79 Å². The molecule has 0 radical (unpaired) electrons. The first-order chi connectivity index (χ1) is 10.8. The number of hydrogen-bond donors (Lipinski definition) is 1. The molecule has 0 spiro atoms. The maximum Gasteiger partial charge on any atom is 0.151 e. The fraction of sp³-hybridized carbons (Fsp3) is 0. The number of para-hydroxylation sites is 1. The molecule has 0 saturated carbocycles. The van der Waals surface area contributed by atoms with E-state index >= 15 is 0 Å². The predicted molar refractivity (Wildman–Crippen MR) is 85.9 cm³/mol. The first kappa shape index (κ1) is 13.8. The van der Waals surface area contributed by atoms with Crippen LogP contribution in [-0.2, 0) is 0 Å². The zero-order valence-corrected chi connectivity index (χ0v) is 11.8. The number of carbonyl (C=O) groups excluding carboxylic acids is 1. The molecule has 22 heavy (non-hydrogen) atoms. The van der Waals surface area contributed by atoms with Crippen molar-refractivity contribution in [2.45, 2.75) is 0 Å². The minimum absolute atomic E-state index is 0.553. The first-order valence-corrected chi connectivity index (χ1v) is 6.85. The topological polar surface area (TPSA) is 51.2 Å². The molecule has 0 aliphatic carbocycles. The molecule has 0 aliphatic rings. The Labute approximate surface area is 128 Å². The summed E-state index contributed by atoms with van der Waals surface area (Å²) in [5.41, 5.74) is 1.45. The smallest absolute Gasteiger partial charge is 0.151 e. The van der Waals surface area contributed by atoms with Gasteiger partial charge < -0.3 is 10.1 Å². The van der Waals surface area contributed by atoms with Crippen LogP contribution in [0.1, 0.15) is 10.4 Å². The van der Waals surface area contributed by atoms with Gasteiger partial charge in [-0.15, -0.1) is 0 Å². The number of hydrogen-bond acceptors (Lipinski definition) is 4. The average Bonchev–Trinajstić information content (AvgIpc) is 2.58. The Balaban J connectivity index is 1.67. The van der Waals surface area contributed by atoms with Gasteiger partial charge in [-0.2, -0.15) is 0 Å². The monoisotopic (exact) mass is 290 g/mol. The zero-order valence-electron chi connectivity index (χ0n) is 11.8. The van der Waals surface area contributed by atoms with Crippen LogP contribution in [0.5, 0.6) is 11.5 Å². The summed E-state index contributed by atoms with van der Waals surface area (Å²) in [5.74, 6) is 2.25. The molecule has 0 saturated heterocycles. The van der Waals surface area contributed by atoms with Crippen LogP contribution < -0.4 is 10.1 Å². The lowest BCUT2D eigenvalue weighted by atomic mass is 10.3. The highest BCUT2D eigenvalue weighted by Gasteiger charge is 1.99. The average molecular weight is 290 g/mol. The number of nitrogens with one attached hydrogen (secondary N) is 1. The summed E-state index contributed by atoms with van der Waals surface area (Å²) in [6, 6.07) is 20.7. The van der Waals surface area contributed by atoms with Crippen LogP contribution >= 0.6 is 0 Å². The zero-order chi connectivity index (χ0) is 15.2. The number of pyridine rings is 1. The van der Waals surface area contributed by atoms with E-state index in [1.807, 2.05) is 54.6 Å². The van der Waals surface area contributed by atoms with Gasteiger partial charge in [-0.05, 0) is 48.5 Å². The second-order valence-corrected chi connectivity index (χ2v) is 4.66. The lowest BCUT2D eigenvalue weighted by Crippen LogP contribution is -1.94. The Morgan fingerprint density at radius 3 is 2.23 bits per heavy atom. The molecule has 4 nitrogen and oxygen atoms in total. The summed E-state index contributed by atoms with van der Waals surface area (Å²) in [5, 5.41) is 3.16. The molecule has 1 heterocycles. The highest BCUT2D eigenvalue weighted by molar-refractivity contribution is 5.74. The minimum atomic E-state index is 0.553. The lowest BCUT2D eigenvalue weighted by Gasteiger charge is -2.08. The van der Waals surface area contributed by atoms with Gasteiger partial charge >= 0.3 is 0 Å². The fourth-order valence-corrected chi connectivity index (χ4v) is 1.93. The molecule has 0 bridgehead atoms. The number of aromatic nitrogens is 1. The Hall–Kier alpha value is -3.14. The molecular weight excluding hydrogens is 276 g/mol. The van der Waals surface area contributed by atoms with Crippen molar-refractivity contribution in [3.63, 3.8) is 0 Å². The normalized spacial score (nSPS) is 10.0. The fourth-order valence-electron chi connectivity index (χ4n) is 1.93. The number of aldehydes is 1. The Morgan fingerprint density at radius 1 is 0.864 bits per heavy atom. The number of benzene rings is 2. The molecular formula is C18H14N2O2. The van der Waals surface area contributed by atoms with Gasteiger partial charge in [0.15, 0.2) is 6.29 Å². The highest BCUT2D eigenvalue weighted by atomic mass is 16.5. The van der Waals surface area contributed by atoms with Crippen LogP contribution in [0.2, 0.25) is 0 Å². The molecule has 0 unspecified atom stereocenters. The van der Waals surface area contributed by atoms with E-state index in [1.54, 1.807) is 12.1 Å². The molecule has 108 valence electrons.